The molecule has 1 N–H and O–H groups in total. The molecule has 1 aliphatic heterocycles. The van der Waals surface area contributed by atoms with Crippen molar-refractivity contribution >= 4 is 11.7 Å². The molecule has 1 atom stereocenters. The topological polar surface area (TPSA) is 66.9 Å². The SMILES string of the molecule is COc1ccc(C2CN(C(=O)Nc3cncc(C)c3)CCN2C)cc1OC. The fraction of sp³-hybridized carbons (Fsp3) is 0.400. The first kappa shape index (κ1) is 19.0. The van der Waals surface area contributed by atoms with Gasteiger partial charge in [-0.05, 0) is 43.3 Å². The van der Waals surface area contributed by atoms with E-state index in [1.54, 1.807) is 26.6 Å². The van der Waals surface area contributed by atoms with Crippen LogP contribution in [0.1, 0.15) is 17.2 Å². The van der Waals surface area contributed by atoms with Crippen LogP contribution in [0.5, 0.6) is 11.5 Å². The maximum absolute atomic E-state index is 12.7. The number of hydrogen-bond acceptors (Lipinski definition) is 5. The number of aromatic nitrogens is 1. The molecule has 27 heavy (non-hydrogen) atoms. The Kier molecular flexibility index (Phi) is 5.81. The van der Waals surface area contributed by atoms with Crippen molar-refractivity contribution in [2.24, 2.45) is 0 Å². The van der Waals surface area contributed by atoms with E-state index < -0.39 is 0 Å². The van der Waals surface area contributed by atoms with E-state index in [0.29, 0.717) is 30.3 Å². The zero-order valence-electron chi connectivity index (χ0n) is 16.2. The van der Waals surface area contributed by atoms with E-state index in [2.05, 4.69) is 22.2 Å². The van der Waals surface area contributed by atoms with Gasteiger partial charge in [-0.3, -0.25) is 9.88 Å². The highest BCUT2D eigenvalue weighted by Gasteiger charge is 2.29. The molecule has 144 valence electrons. The summed E-state index contributed by atoms with van der Waals surface area (Å²) in [5.74, 6) is 1.39. The molecule has 2 amide bonds. The Bertz CT molecular complexity index is 812. The summed E-state index contributed by atoms with van der Waals surface area (Å²) < 4.78 is 10.7. The van der Waals surface area contributed by atoms with Crippen LogP contribution in [0.4, 0.5) is 10.5 Å². The molecule has 1 fully saturated rings. The molecule has 2 heterocycles. The number of likely N-dealkylation sites (N-methyl/N-ethyl adjacent to an activating group) is 1. The van der Waals surface area contributed by atoms with Crippen LogP contribution < -0.4 is 14.8 Å². The third kappa shape index (κ3) is 4.31. The largest absolute Gasteiger partial charge is 0.493 e. The van der Waals surface area contributed by atoms with Crippen molar-refractivity contribution in [1.29, 1.82) is 0 Å². The van der Waals surface area contributed by atoms with E-state index in [1.165, 1.54) is 0 Å². The lowest BCUT2D eigenvalue weighted by molar-refractivity contribution is 0.116. The van der Waals surface area contributed by atoms with Crippen molar-refractivity contribution in [2.45, 2.75) is 13.0 Å². The molecule has 7 heteroatoms. The highest BCUT2D eigenvalue weighted by atomic mass is 16.5. The van der Waals surface area contributed by atoms with Gasteiger partial charge >= 0.3 is 6.03 Å². The van der Waals surface area contributed by atoms with Crippen molar-refractivity contribution in [3.63, 3.8) is 0 Å². The highest BCUT2D eigenvalue weighted by Crippen LogP contribution is 2.33. The average molecular weight is 370 g/mol. The van der Waals surface area contributed by atoms with Crippen LogP contribution in [0.25, 0.3) is 0 Å². The number of ether oxygens (including phenoxy) is 2. The molecule has 2 aromatic rings. The second-order valence-corrected chi connectivity index (χ2v) is 6.74. The normalized spacial score (nSPS) is 17.5. The monoisotopic (exact) mass is 370 g/mol. The number of methoxy groups -OCH3 is 2. The van der Waals surface area contributed by atoms with E-state index in [4.69, 9.17) is 9.47 Å². The second kappa shape index (κ2) is 8.26. The minimum absolute atomic E-state index is 0.0833. The molecule has 1 unspecified atom stereocenters. The van der Waals surface area contributed by atoms with E-state index in [1.807, 2.05) is 36.1 Å². The molecule has 0 radical (unpaired) electrons. The van der Waals surface area contributed by atoms with E-state index in [0.717, 1.165) is 17.7 Å². The first-order chi connectivity index (χ1) is 13.0. The molecule has 1 saturated heterocycles. The predicted molar refractivity (Wildman–Crippen MR) is 104 cm³/mol. The molecule has 1 aliphatic rings. The lowest BCUT2D eigenvalue weighted by atomic mass is 10.0. The molecule has 0 aliphatic carbocycles. The molecule has 0 saturated carbocycles. The number of carbonyl (C=O) groups is 1. The number of hydrogen-bond donors (Lipinski definition) is 1. The molecular weight excluding hydrogens is 344 g/mol. The van der Waals surface area contributed by atoms with Crippen molar-refractivity contribution in [3.05, 3.63) is 47.8 Å². The third-order valence-corrected chi connectivity index (χ3v) is 4.85. The number of aryl methyl sites for hydroxylation is 1. The van der Waals surface area contributed by atoms with E-state index >= 15 is 0 Å². The lowest BCUT2D eigenvalue weighted by Gasteiger charge is -2.39. The minimum Gasteiger partial charge on any atom is -0.493 e. The molecular formula is C20H26N4O3. The Balaban J connectivity index is 1.75. The van der Waals surface area contributed by atoms with Gasteiger partial charge in [0.1, 0.15) is 0 Å². The Labute approximate surface area is 159 Å². The zero-order chi connectivity index (χ0) is 19.4. The van der Waals surface area contributed by atoms with Gasteiger partial charge in [-0.15, -0.1) is 0 Å². The van der Waals surface area contributed by atoms with Crippen molar-refractivity contribution in [3.8, 4) is 11.5 Å². The summed E-state index contributed by atoms with van der Waals surface area (Å²) in [5.41, 5.74) is 2.81. The van der Waals surface area contributed by atoms with Crippen LogP contribution in [0, 0.1) is 6.92 Å². The number of nitrogens with zero attached hydrogens (tertiary/aromatic N) is 3. The first-order valence-electron chi connectivity index (χ1n) is 8.91. The van der Waals surface area contributed by atoms with E-state index in [-0.39, 0.29) is 12.1 Å². The summed E-state index contributed by atoms with van der Waals surface area (Å²) in [6.07, 6.45) is 3.42. The molecule has 0 bridgehead atoms. The number of piperazine rings is 1. The number of anilines is 1. The van der Waals surface area contributed by atoms with Crippen LogP contribution in [-0.2, 0) is 0 Å². The van der Waals surface area contributed by atoms with Crippen LogP contribution in [-0.4, -0.2) is 61.7 Å². The highest BCUT2D eigenvalue weighted by molar-refractivity contribution is 5.89. The number of rotatable bonds is 4. The van der Waals surface area contributed by atoms with Crippen LogP contribution in [0.3, 0.4) is 0 Å². The van der Waals surface area contributed by atoms with Gasteiger partial charge in [-0.1, -0.05) is 6.07 Å². The number of amides is 2. The number of urea groups is 1. The molecule has 0 spiro atoms. The van der Waals surface area contributed by atoms with Gasteiger partial charge < -0.3 is 19.7 Å². The van der Waals surface area contributed by atoms with Crippen molar-refractivity contribution < 1.29 is 14.3 Å². The summed E-state index contributed by atoms with van der Waals surface area (Å²) in [6, 6.07) is 7.79. The van der Waals surface area contributed by atoms with Crippen LogP contribution in [0.2, 0.25) is 0 Å². The predicted octanol–water partition coefficient (Wildman–Crippen LogP) is 2.93. The quantitative estimate of drug-likeness (QED) is 0.896. The lowest BCUT2D eigenvalue weighted by Crippen LogP contribution is -2.50. The van der Waals surface area contributed by atoms with Gasteiger partial charge in [0.05, 0.1) is 32.1 Å². The Morgan fingerprint density at radius 2 is 1.93 bits per heavy atom. The van der Waals surface area contributed by atoms with Gasteiger partial charge in [0.2, 0.25) is 0 Å². The summed E-state index contributed by atoms with van der Waals surface area (Å²) in [7, 11) is 5.32. The smallest absolute Gasteiger partial charge is 0.321 e. The average Bonchev–Trinajstić information content (AvgIpc) is 2.67. The number of nitrogens with one attached hydrogen (secondary N) is 1. The minimum atomic E-state index is -0.110. The van der Waals surface area contributed by atoms with Gasteiger partial charge in [0.25, 0.3) is 0 Å². The maximum Gasteiger partial charge on any atom is 0.321 e. The Morgan fingerprint density at radius 1 is 1.15 bits per heavy atom. The van der Waals surface area contributed by atoms with E-state index in [9.17, 15) is 4.79 Å². The van der Waals surface area contributed by atoms with Gasteiger partial charge in [0, 0.05) is 25.8 Å². The van der Waals surface area contributed by atoms with Crippen LogP contribution in [0.15, 0.2) is 36.7 Å². The summed E-state index contributed by atoms with van der Waals surface area (Å²) in [4.78, 5) is 20.9. The molecule has 3 rings (SSSR count). The fourth-order valence-electron chi connectivity index (χ4n) is 3.30. The standard InChI is InChI=1S/C20H26N4O3/c1-14-9-16(12-21-11-14)22-20(25)24-8-7-23(2)17(13-24)15-5-6-18(26-3)19(10-15)27-4/h5-6,9-12,17H,7-8,13H2,1-4H3,(H,22,25). The second-order valence-electron chi connectivity index (χ2n) is 6.74. The Morgan fingerprint density at radius 3 is 2.63 bits per heavy atom. The van der Waals surface area contributed by atoms with Crippen molar-refractivity contribution in [2.75, 3.05) is 46.2 Å². The number of pyridine rings is 1. The Hall–Kier alpha value is -2.80. The molecule has 7 nitrogen and oxygen atoms in total. The number of benzene rings is 1. The van der Waals surface area contributed by atoms with Crippen LogP contribution >= 0.6 is 0 Å². The third-order valence-electron chi connectivity index (χ3n) is 4.85. The van der Waals surface area contributed by atoms with Gasteiger partial charge in [-0.2, -0.15) is 0 Å². The summed E-state index contributed by atoms with van der Waals surface area (Å²) >= 11 is 0. The summed E-state index contributed by atoms with van der Waals surface area (Å²) in [5, 5.41) is 2.94. The molecule has 1 aromatic heterocycles. The fourth-order valence-corrected chi connectivity index (χ4v) is 3.30. The first-order valence-corrected chi connectivity index (χ1v) is 8.91. The molecule has 1 aromatic carbocycles. The number of carbonyl (C=O) groups excluding carboxylic acids is 1. The zero-order valence-corrected chi connectivity index (χ0v) is 16.2. The summed E-state index contributed by atoms with van der Waals surface area (Å²) in [6.45, 7) is 4.01. The van der Waals surface area contributed by atoms with Gasteiger partial charge in [-0.25, -0.2) is 4.79 Å². The van der Waals surface area contributed by atoms with Gasteiger partial charge in [0.15, 0.2) is 11.5 Å². The van der Waals surface area contributed by atoms with Crippen molar-refractivity contribution in [1.82, 2.24) is 14.8 Å². The maximum atomic E-state index is 12.7.